The maximum atomic E-state index is 12.7. The molecule has 0 aliphatic carbocycles. The van der Waals surface area contributed by atoms with Crippen LogP contribution in [-0.4, -0.2) is 44.9 Å². The molecular weight excluding hydrogens is 322 g/mol. The summed E-state index contributed by atoms with van der Waals surface area (Å²) in [5.41, 5.74) is 7.09. The van der Waals surface area contributed by atoms with E-state index in [1.54, 1.807) is 11.8 Å². The molecule has 8 heteroatoms. The highest BCUT2D eigenvalue weighted by Gasteiger charge is 2.35. The van der Waals surface area contributed by atoms with Crippen LogP contribution in [0.5, 0.6) is 0 Å². The van der Waals surface area contributed by atoms with E-state index in [-0.39, 0.29) is 30.1 Å². The fourth-order valence-electron chi connectivity index (χ4n) is 3.38. The quantitative estimate of drug-likeness (QED) is 0.650. The molecular formula is C17H21N5O3. The Kier molecular flexibility index (Phi) is 4.80. The first kappa shape index (κ1) is 17.1. The second-order valence-corrected chi connectivity index (χ2v) is 6.34. The second-order valence-electron chi connectivity index (χ2n) is 6.34. The molecule has 1 amide bonds. The van der Waals surface area contributed by atoms with Gasteiger partial charge in [0.1, 0.15) is 12.7 Å². The number of hydrogen-bond acceptors (Lipinski definition) is 5. The number of carbonyl (C=O) groups is 1. The lowest BCUT2D eigenvalue weighted by atomic mass is 9.89. The SMILES string of the molecule is Cc1nc([N+](=O)[O-])cn1CC(=O)N1C[C@@H](CN)[C@H](c2ccccc2)C1. The Bertz CT molecular complexity index is 774. The van der Waals surface area contributed by atoms with Crippen LogP contribution in [-0.2, 0) is 11.3 Å². The Morgan fingerprint density at radius 2 is 2.08 bits per heavy atom. The Labute approximate surface area is 145 Å². The van der Waals surface area contributed by atoms with Crippen LogP contribution in [0.4, 0.5) is 5.82 Å². The minimum atomic E-state index is -0.556. The van der Waals surface area contributed by atoms with Gasteiger partial charge < -0.3 is 20.7 Å². The van der Waals surface area contributed by atoms with Crippen molar-refractivity contribution in [2.24, 2.45) is 11.7 Å². The van der Waals surface area contributed by atoms with Crippen molar-refractivity contribution in [3.05, 3.63) is 58.0 Å². The third-order valence-corrected chi connectivity index (χ3v) is 4.78. The Hall–Kier alpha value is -2.74. The van der Waals surface area contributed by atoms with Crippen LogP contribution in [0.2, 0.25) is 0 Å². The van der Waals surface area contributed by atoms with Crippen LogP contribution in [0.3, 0.4) is 0 Å². The summed E-state index contributed by atoms with van der Waals surface area (Å²) in [4.78, 5) is 28.6. The number of nitrogens with zero attached hydrogens (tertiary/aromatic N) is 4. The van der Waals surface area contributed by atoms with E-state index in [1.807, 2.05) is 18.2 Å². The standard InChI is InChI=1S/C17H21N5O3/c1-12-19-16(22(24)25)10-20(12)11-17(23)21-8-14(7-18)15(9-21)13-5-3-2-4-6-13/h2-6,10,14-15H,7-9,11,18H2,1H3/t14-,15+/m1/s1. The third kappa shape index (κ3) is 3.53. The summed E-state index contributed by atoms with van der Waals surface area (Å²) in [5, 5.41) is 10.8. The summed E-state index contributed by atoms with van der Waals surface area (Å²) in [6.45, 7) is 3.43. The van der Waals surface area contributed by atoms with E-state index < -0.39 is 4.92 Å². The van der Waals surface area contributed by atoms with Crippen LogP contribution in [0.25, 0.3) is 0 Å². The molecule has 1 aliphatic rings. The molecule has 1 aromatic carbocycles. The van der Waals surface area contributed by atoms with Crippen molar-refractivity contribution in [3.63, 3.8) is 0 Å². The van der Waals surface area contributed by atoms with Crippen molar-refractivity contribution in [2.45, 2.75) is 19.4 Å². The number of amides is 1. The second kappa shape index (κ2) is 7.02. The van der Waals surface area contributed by atoms with Crippen molar-refractivity contribution in [1.82, 2.24) is 14.5 Å². The number of hydrogen-bond donors (Lipinski definition) is 1. The summed E-state index contributed by atoms with van der Waals surface area (Å²) in [6, 6.07) is 10.1. The van der Waals surface area contributed by atoms with Gasteiger partial charge in [-0.25, -0.2) is 0 Å². The Morgan fingerprint density at radius 3 is 2.68 bits per heavy atom. The molecule has 1 fully saturated rings. The van der Waals surface area contributed by atoms with Gasteiger partial charge in [-0.2, -0.15) is 0 Å². The molecule has 3 rings (SSSR count). The number of likely N-dealkylation sites (tertiary alicyclic amines) is 1. The first-order valence-electron chi connectivity index (χ1n) is 8.20. The predicted octanol–water partition coefficient (Wildman–Crippen LogP) is 1.30. The summed E-state index contributed by atoms with van der Waals surface area (Å²) < 4.78 is 1.52. The van der Waals surface area contributed by atoms with Crippen molar-refractivity contribution in [2.75, 3.05) is 19.6 Å². The number of imidazole rings is 1. The normalized spacial score (nSPS) is 20.0. The van der Waals surface area contributed by atoms with E-state index in [1.165, 1.54) is 16.3 Å². The fourth-order valence-corrected chi connectivity index (χ4v) is 3.38. The molecule has 8 nitrogen and oxygen atoms in total. The van der Waals surface area contributed by atoms with E-state index >= 15 is 0 Å². The lowest BCUT2D eigenvalue weighted by Gasteiger charge is -2.17. The van der Waals surface area contributed by atoms with Gasteiger partial charge in [-0.05, 0) is 27.9 Å². The fraction of sp³-hybridized carbons (Fsp3) is 0.412. The zero-order valence-electron chi connectivity index (χ0n) is 14.0. The molecule has 1 saturated heterocycles. The smallest absolute Gasteiger partial charge is 0.358 e. The molecule has 0 spiro atoms. The maximum absolute atomic E-state index is 12.7. The molecule has 1 aliphatic heterocycles. The van der Waals surface area contributed by atoms with Gasteiger partial charge in [0.2, 0.25) is 11.7 Å². The van der Waals surface area contributed by atoms with E-state index in [0.717, 1.165) is 0 Å². The molecule has 25 heavy (non-hydrogen) atoms. The number of aromatic nitrogens is 2. The minimum Gasteiger partial charge on any atom is -0.358 e. The van der Waals surface area contributed by atoms with Gasteiger partial charge in [-0.15, -0.1) is 0 Å². The lowest BCUT2D eigenvalue weighted by Crippen LogP contribution is -2.32. The van der Waals surface area contributed by atoms with Gasteiger partial charge in [-0.3, -0.25) is 9.36 Å². The highest BCUT2D eigenvalue weighted by molar-refractivity contribution is 5.76. The van der Waals surface area contributed by atoms with Crippen molar-refractivity contribution >= 4 is 11.7 Å². The number of nitrogens with two attached hydrogens (primary N) is 1. The number of carbonyl (C=O) groups excluding carboxylic acids is 1. The summed E-state index contributed by atoms with van der Waals surface area (Å²) >= 11 is 0. The van der Waals surface area contributed by atoms with Crippen LogP contribution >= 0.6 is 0 Å². The molecule has 0 unspecified atom stereocenters. The molecule has 2 atom stereocenters. The number of aryl methyl sites for hydroxylation is 1. The van der Waals surface area contributed by atoms with E-state index in [2.05, 4.69) is 17.1 Å². The molecule has 0 radical (unpaired) electrons. The van der Waals surface area contributed by atoms with Crippen LogP contribution in [0.1, 0.15) is 17.3 Å². The van der Waals surface area contributed by atoms with Gasteiger partial charge in [0.05, 0.1) is 0 Å². The van der Waals surface area contributed by atoms with Crippen molar-refractivity contribution in [1.29, 1.82) is 0 Å². The van der Waals surface area contributed by atoms with Crippen LogP contribution in [0.15, 0.2) is 36.5 Å². The van der Waals surface area contributed by atoms with Gasteiger partial charge >= 0.3 is 5.82 Å². The van der Waals surface area contributed by atoms with Crippen LogP contribution < -0.4 is 5.73 Å². The maximum Gasteiger partial charge on any atom is 0.381 e. The third-order valence-electron chi connectivity index (χ3n) is 4.78. The Morgan fingerprint density at radius 1 is 1.36 bits per heavy atom. The summed E-state index contributed by atoms with van der Waals surface area (Å²) in [7, 11) is 0. The number of benzene rings is 1. The zero-order chi connectivity index (χ0) is 18.0. The van der Waals surface area contributed by atoms with E-state index in [0.29, 0.717) is 25.5 Å². The van der Waals surface area contributed by atoms with Crippen LogP contribution in [0, 0.1) is 23.0 Å². The largest absolute Gasteiger partial charge is 0.381 e. The zero-order valence-corrected chi connectivity index (χ0v) is 14.0. The first-order valence-corrected chi connectivity index (χ1v) is 8.20. The molecule has 0 bridgehead atoms. The molecule has 2 aromatic rings. The number of nitro groups is 1. The minimum absolute atomic E-state index is 0.0471. The molecule has 2 N–H and O–H groups in total. The van der Waals surface area contributed by atoms with E-state index in [4.69, 9.17) is 5.73 Å². The summed E-state index contributed by atoms with van der Waals surface area (Å²) in [5.74, 6) is 0.563. The van der Waals surface area contributed by atoms with Crippen molar-refractivity contribution < 1.29 is 9.72 Å². The number of rotatable bonds is 5. The average Bonchev–Trinajstić information content (AvgIpc) is 3.20. The van der Waals surface area contributed by atoms with Gasteiger partial charge in [-0.1, -0.05) is 30.3 Å². The molecule has 132 valence electrons. The highest BCUT2D eigenvalue weighted by Crippen LogP contribution is 2.32. The first-order chi connectivity index (χ1) is 12.0. The Balaban J connectivity index is 1.72. The van der Waals surface area contributed by atoms with Gasteiger partial charge in [0.25, 0.3) is 0 Å². The highest BCUT2D eigenvalue weighted by atomic mass is 16.6. The average molecular weight is 343 g/mol. The lowest BCUT2D eigenvalue weighted by molar-refractivity contribution is -0.389. The topological polar surface area (TPSA) is 107 Å². The predicted molar refractivity (Wildman–Crippen MR) is 91.9 cm³/mol. The van der Waals surface area contributed by atoms with Gasteiger partial charge in [0.15, 0.2) is 0 Å². The monoisotopic (exact) mass is 343 g/mol. The summed E-state index contributed by atoms with van der Waals surface area (Å²) in [6.07, 6.45) is 1.30. The molecule has 2 heterocycles. The van der Waals surface area contributed by atoms with E-state index in [9.17, 15) is 14.9 Å². The van der Waals surface area contributed by atoms with Crippen molar-refractivity contribution in [3.8, 4) is 0 Å². The molecule has 1 aromatic heterocycles. The van der Waals surface area contributed by atoms with Gasteiger partial charge in [0, 0.05) is 25.9 Å². The molecule has 0 saturated carbocycles.